The van der Waals surface area contributed by atoms with Crippen LogP contribution in [0.15, 0.2) is 12.4 Å². The highest BCUT2D eigenvalue weighted by Crippen LogP contribution is 2.09. The Bertz CT molecular complexity index is 631. The second-order valence-corrected chi connectivity index (χ2v) is 5.61. The third-order valence-electron chi connectivity index (χ3n) is 2.48. The molecular formula is C13H20N6O2. The Hall–Kier alpha value is -2.38. The van der Waals surface area contributed by atoms with E-state index in [2.05, 4.69) is 25.7 Å². The molecule has 8 heteroatoms. The van der Waals surface area contributed by atoms with Crippen LogP contribution in [0.3, 0.4) is 0 Å². The van der Waals surface area contributed by atoms with Gasteiger partial charge in [0, 0.05) is 24.8 Å². The van der Waals surface area contributed by atoms with Gasteiger partial charge in [-0.25, -0.2) is 9.78 Å². The van der Waals surface area contributed by atoms with Crippen molar-refractivity contribution < 1.29 is 9.53 Å². The number of alkyl carbamates (subject to hydrolysis) is 1. The number of ether oxygens (including phenoxy) is 1. The summed E-state index contributed by atoms with van der Waals surface area (Å²) in [6.07, 6.45) is 1.02. The van der Waals surface area contributed by atoms with Crippen LogP contribution in [0.2, 0.25) is 0 Å². The lowest BCUT2D eigenvalue weighted by Gasteiger charge is -2.19. The Balaban J connectivity index is 1.85. The van der Waals surface area contributed by atoms with Crippen molar-refractivity contribution in [3.05, 3.63) is 18.1 Å². The average Bonchev–Trinajstić information content (AvgIpc) is 2.80. The Morgan fingerprint density at radius 3 is 2.86 bits per heavy atom. The third kappa shape index (κ3) is 4.30. The molecule has 21 heavy (non-hydrogen) atoms. The van der Waals surface area contributed by atoms with Gasteiger partial charge >= 0.3 is 6.09 Å². The molecule has 1 amide bonds. The highest BCUT2D eigenvalue weighted by Gasteiger charge is 2.15. The zero-order chi connectivity index (χ0) is 15.5. The molecule has 2 heterocycles. The maximum absolute atomic E-state index is 11.5. The summed E-state index contributed by atoms with van der Waals surface area (Å²) < 4.78 is 6.76. The summed E-state index contributed by atoms with van der Waals surface area (Å²) in [5.74, 6) is 1.32. The number of aromatic nitrogens is 4. The Labute approximate surface area is 122 Å². The van der Waals surface area contributed by atoms with Crippen molar-refractivity contribution in [1.82, 2.24) is 24.9 Å². The minimum atomic E-state index is -0.493. The molecule has 0 bridgehead atoms. The molecule has 2 N–H and O–H groups in total. The van der Waals surface area contributed by atoms with Gasteiger partial charge in [-0.05, 0) is 27.7 Å². The SMILES string of the molecule is Cc1cc(NCCNC(=O)OC(C)(C)C)n2ncnc2n1. The fraction of sp³-hybridized carbons (Fsp3) is 0.538. The number of carbonyl (C=O) groups excluding carboxylic acids is 1. The molecule has 2 aromatic heterocycles. The summed E-state index contributed by atoms with van der Waals surface area (Å²) in [5.41, 5.74) is 0.352. The van der Waals surface area contributed by atoms with Crippen LogP contribution >= 0.6 is 0 Å². The molecule has 0 radical (unpaired) electrons. The van der Waals surface area contributed by atoms with E-state index >= 15 is 0 Å². The van der Waals surface area contributed by atoms with Crippen molar-refractivity contribution in [3.8, 4) is 0 Å². The molecule has 0 spiro atoms. The number of hydrogen-bond donors (Lipinski definition) is 2. The molecule has 0 saturated heterocycles. The lowest BCUT2D eigenvalue weighted by Crippen LogP contribution is -2.35. The van der Waals surface area contributed by atoms with Gasteiger partial charge < -0.3 is 15.4 Å². The second-order valence-electron chi connectivity index (χ2n) is 5.61. The summed E-state index contributed by atoms with van der Waals surface area (Å²) >= 11 is 0. The van der Waals surface area contributed by atoms with E-state index < -0.39 is 11.7 Å². The predicted octanol–water partition coefficient (Wildman–Crippen LogP) is 1.37. The van der Waals surface area contributed by atoms with Gasteiger partial charge in [-0.15, -0.1) is 0 Å². The molecule has 2 aromatic rings. The van der Waals surface area contributed by atoms with Gasteiger partial charge in [-0.3, -0.25) is 0 Å². The summed E-state index contributed by atoms with van der Waals surface area (Å²) in [4.78, 5) is 19.8. The van der Waals surface area contributed by atoms with Crippen molar-refractivity contribution in [2.75, 3.05) is 18.4 Å². The highest BCUT2D eigenvalue weighted by molar-refractivity contribution is 5.67. The van der Waals surface area contributed by atoms with Crippen LogP contribution in [0, 0.1) is 6.92 Å². The Kier molecular flexibility index (Phi) is 4.25. The molecule has 0 atom stereocenters. The maximum Gasteiger partial charge on any atom is 0.407 e. The smallest absolute Gasteiger partial charge is 0.407 e. The number of rotatable bonds is 4. The minimum Gasteiger partial charge on any atom is -0.444 e. The molecule has 2 rings (SSSR count). The summed E-state index contributed by atoms with van der Waals surface area (Å²) in [7, 11) is 0. The van der Waals surface area contributed by atoms with E-state index in [0.717, 1.165) is 11.5 Å². The van der Waals surface area contributed by atoms with Crippen LogP contribution < -0.4 is 10.6 Å². The van der Waals surface area contributed by atoms with Crippen LogP contribution in [0.1, 0.15) is 26.5 Å². The third-order valence-corrected chi connectivity index (χ3v) is 2.48. The first-order valence-electron chi connectivity index (χ1n) is 6.73. The quantitative estimate of drug-likeness (QED) is 0.827. The summed E-state index contributed by atoms with van der Waals surface area (Å²) in [5, 5.41) is 9.95. The minimum absolute atomic E-state index is 0.430. The van der Waals surface area contributed by atoms with Crippen LogP contribution in [0.5, 0.6) is 0 Å². The number of carbonyl (C=O) groups is 1. The standard InChI is InChI=1S/C13H20N6O2/c1-9-7-10(19-11(18-9)16-8-17-19)14-5-6-15-12(20)21-13(2,3)4/h7-8,14H,5-6H2,1-4H3,(H,15,20). The van der Waals surface area contributed by atoms with E-state index in [4.69, 9.17) is 4.74 Å². The number of anilines is 1. The first-order chi connectivity index (χ1) is 9.85. The fourth-order valence-electron chi connectivity index (χ4n) is 1.73. The number of nitrogens with one attached hydrogen (secondary N) is 2. The van der Waals surface area contributed by atoms with Gasteiger partial charge in [0.2, 0.25) is 0 Å². The second kappa shape index (κ2) is 5.94. The van der Waals surface area contributed by atoms with E-state index in [-0.39, 0.29) is 0 Å². The van der Waals surface area contributed by atoms with Gasteiger partial charge in [0.15, 0.2) is 0 Å². The average molecular weight is 292 g/mol. The lowest BCUT2D eigenvalue weighted by molar-refractivity contribution is 0.0530. The van der Waals surface area contributed by atoms with E-state index in [0.29, 0.717) is 18.9 Å². The largest absolute Gasteiger partial charge is 0.444 e. The molecule has 0 aromatic carbocycles. The monoisotopic (exact) mass is 292 g/mol. The molecular weight excluding hydrogens is 272 g/mol. The van der Waals surface area contributed by atoms with Gasteiger partial charge in [-0.2, -0.15) is 14.6 Å². The van der Waals surface area contributed by atoms with E-state index in [9.17, 15) is 4.79 Å². The summed E-state index contributed by atoms with van der Waals surface area (Å²) in [6.45, 7) is 8.34. The predicted molar refractivity (Wildman–Crippen MR) is 78.2 cm³/mol. The maximum atomic E-state index is 11.5. The van der Waals surface area contributed by atoms with Gasteiger partial charge in [0.1, 0.15) is 17.7 Å². The molecule has 0 aliphatic heterocycles. The first-order valence-corrected chi connectivity index (χ1v) is 6.73. The lowest BCUT2D eigenvalue weighted by atomic mass is 10.2. The van der Waals surface area contributed by atoms with Gasteiger partial charge in [-0.1, -0.05) is 0 Å². The highest BCUT2D eigenvalue weighted by atomic mass is 16.6. The molecule has 0 unspecified atom stereocenters. The van der Waals surface area contributed by atoms with Gasteiger partial charge in [0.05, 0.1) is 0 Å². The van der Waals surface area contributed by atoms with E-state index in [1.807, 2.05) is 33.8 Å². The number of nitrogens with zero attached hydrogens (tertiary/aromatic N) is 4. The van der Waals surface area contributed by atoms with Crippen LogP contribution in [-0.2, 0) is 4.74 Å². The molecule has 0 fully saturated rings. The molecule has 0 aliphatic carbocycles. The van der Waals surface area contributed by atoms with Crippen molar-refractivity contribution in [2.45, 2.75) is 33.3 Å². The topological polar surface area (TPSA) is 93.4 Å². The Morgan fingerprint density at radius 1 is 1.38 bits per heavy atom. The number of hydrogen-bond acceptors (Lipinski definition) is 6. The van der Waals surface area contributed by atoms with Crippen LogP contribution in [-0.4, -0.2) is 44.4 Å². The zero-order valence-corrected chi connectivity index (χ0v) is 12.7. The van der Waals surface area contributed by atoms with Crippen molar-refractivity contribution in [3.63, 3.8) is 0 Å². The normalized spacial score (nSPS) is 11.4. The number of fused-ring (bicyclic) bond motifs is 1. The summed E-state index contributed by atoms with van der Waals surface area (Å²) in [6, 6.07) is 1.87. The molecule has 8 nitrogen and oxygen atoms in total. The van der Waals surface area contributed by atoms with Crippen molar-refractivity contribution >= 4 is 17.7 Å². The van der Waals surface area contributed by atoms with E-state index in [1.165, 1.54) is 6.33 Å². The molecule has 0 saturated carbocycles. The van der Waals surface area contributed by atoms with Crippen LogP contribution in [0.4, 0.5) is 10.6 Å². The first kappa shape index (κ1) is 15.0. The van der Waals surface area contributed by atoms with Crippen molar-refractivity contribution in [2.24, 2.45) is 0 Å². The molecule has 114 valence electrons. The van der Waals surface area contributed by atoms with Crippen LogP contribution in [0.25, 0.3) is 5.78 Å². The Morgan fingerprint density at radius 2 is 2.14 bits per heavy atom. The van der Waals surface area contributed by atoms with Gasteiger partial charge in [0.25, 0.3) is 5.78 Å². The fourth-order valence-corrected chi connectivity index (χ4v) is 1.73. The van der Waals surface area contributed by atoms with Crippen molar-refractivity contribution in [1.29, 1.82) is 0 Å². The van der Waals surface area contributed by atoms with E-state index in [1.54, 1.807) is 4.52 Å². The zero-order valence-electron chi connectivity index (χ0n) is 12.7. The number of aryl methyl sites for hydroxylation is 1. The molecule has 0 aliphatic rings. The number of amides is 1.